The number of fused-ring (bicyclic) bond motifs is 1. The van der Waals surface area contributed by atoms with Crippen LogP contribution in [0, 0.1) is 0 Å². The number of carbonyl (C=O) groups excluding carboxylic acids is 2. The summed E-state index contributed by atoms with van der Waals surface area (Å²) in [4.78, 5) is 30.9. The first-order chi connectivity index (χ1) is 16.1. The smallest absolute Gasteiger partial charge is 0.319 e. The van der Waals surface area contributed by atoms with Gasteiger partial charge in [0.25, 0.3) is 5.91 Å². The molecule has 0 aliphatic rings. The Bertz CT molecular complexity index is 1370. The first-order valence-electron chi connectivity index (χ1n) is 10.1. The van der Waals surface area contributed by atoms with Crippen molar-refractivity contribution in [2.24, 2.45) is 0 Å². The SMILES string of the molecule is O=C(NCc1ccco1)Nc1ccc(NC(=O)c2ccc(-c3nc4ccccc4s3)s2)cc1. The van der Waals surface area contributed by atoms with Crippen molar-refractivity contribution in [1.82, 2.24) is 10.3 Å². The fraction of sp³-hybridized carbons (Fsp3) is 0.0417. The van der Waals surface area contributed by atoms with Crippen LogP contribution in [0.15, 0.2) is 83.5 Å². The van der Waals surface area contributed by atoms with E-state index in [1.54, 1.807) is 60.1 Å². The van der Waals surface area contributed by atoms with Crippen LogP contribution in [-0.4, -0.2) is 16.9 Å². The standard InChI is InChI=1S/C24H18N4O3S2/c29-22(20-11-12-21(32-20)23-28-18-5-1-2-6-19(18)33-23)26-15-7-9-16(10-8-15)27-24(30)25-14-17-4-3-13-31-17/h1-13H,14H2,(H,26,29)(H2,25,27,30). The van der Waals surface area contributed by atoms with E-state index in [-0.39, 0.29) is 11.9 Å². The summed E-state index contributed by atoms with van der Waals surface area (Å²) in [7, 11) is 0. The van der Waals surface area contributed by atoms with Crippen LogP contribution in [0.25, 0.3) is 20.1 Å². The van der Waals surface area contributed by atoms with Crippen LogP contribution >= 0.6 is 22.7 Å². The van der Waals surface area contributed by atoms with Gasteiger partial charge in [0.15, 0.2) is 0 Å². The molecular weight excluding hydrogens is 456 g/mol. The first-order valence-corrected chi connectivity index (χ1v) is 11.7. The minimum atomic E-state index is -0.343. The topological polar surface area (TPSA) is 96.3 Å². The molecule has 164 valence electrons. The number of furan rings is 1. The highest BCUT2D eigenvalue weighted by molar-refractivity contribution is 7.26. The third kappa shape index (κ3) is 4.94. The van der Waals surface area contributed by atoms with Gasteiger partial charge in [-0.1, -0.05) is 12.1 Å². The van der Waals surface area contributed by atoms with Gasteiger partial charge in [-0.2, -0.15) is 0 Å². The van der Waals surface area contributed by atoms with Gasteiger partial charge >= 0.3 is 6.03 Å². The Balaban J connectivity index is 1.18. The molecule has 5 rings (SSSR count). The molecular formula is C24H18N4O3S2. The van der Waals surface area contributed by atoms with E-state index in [0.717, 1.165) is 20.1 Å². The van der Waals surface area contributed by atoms with E-state index >= 15 is 0 Å². The van der Waals surface area contributed by atoms with Crippen LogP contribution in [0.3, 0.4) is 0 Å². The first kappa shape index (κ1) is 20.9. The number of hydrogen-bond acceptors (Lipinski definition) is 6. The number of nitrogens with one attached hydrogen (secondary N) is 3. The Labute approximate surface area is 197 Å². The van der Waals surface area contributed by atoms with E-state index in [1.165, 1.54) is 11.3 Å². The summed E-state index contributed by atoms with van der Waals surface area (Å²) in [6, 6.07) is 21.8. The zero-order valence-electron chi connectivity index (χ0n) is 17.2. The largest absolute Gasteiger partial charge is 0.467 e. The second-order valence-corrected chi connectivity index (χ2v) is 9.18. The molecule has 33 heavy (non-hydrogen) atoms. The average Bonchev–Trinajstić information content (AvgIpc) is 3.59. The zero-order valence-corrected chi connectivity index (χ0v) is 18.8. The van der Waals surface area contributed by atoms with Crippen molar-refractivity contribution in [2.75, 3.05) is 10.6 Å². The Hall–Kier alpha value is -3.95. The van der Waals surface area contributed by atoms with Crippen molar-refractivity contribution in [3.05, 3.63) is 89.7 Å². The molecule has 7 nitrogen and oxygen atoms in total. The third-order valence-electron chi connectivity index (χ3n) is 4.74. The molecule has 0 aliphatic heterocycles. The molecule has 3 aromatic heterocycles. The Morgan fingerprint density at radius 3 is 2.39 bits per heavy atom. The van der Waals surface area contributed by atoms with Crippen molar-refractivity contribution < 1.29 is 14.0 Å². The molecule has 0 saturated carbocycles. The highest BCUT2D eigenvalue weighted by Crippen LogP contribution is 2.34. The van der Waals surface area contributed by atoms with Crippen molar-refractivity contribution in [3.8, 4) is 9.88 Å². The van der Waals surface area contributed by atoms with Crippen LogP contribution in [0.2, 0.25) is 0 Å². The number of thiazole rings is 1. The summed E-state index contributed by atoms with van der Waals surface area (Å²) >= 11 is 3.02. The molecule has 0 saturated heterocycles. The quantitative estimate of drug-likeness (QED) is 0.273. The van der Waals surface area contributed by atoms with Gasteiger partial charge in [-0.05, 0) is 60.7 Å². The highest BCUT2D eigenvalue weighted by Gasteiger charge is 2.13. The van der Waals surface area contributed by atoms with Crippen molar-refractivity contribution in [1.29, 1.82) is 0 Å². The van der Waals surface area contributed by atoms with Gasteiger partial charge in [-0.25, -0.2) is 9.78 Å². The van der Waals surface area contributed by atoms with Crippen molar-refractivity contribution in [3.63, 3.8) is 0 Å². The molecule has 9 heteroatoms. The number of thiophene rings is 1. The number of para-hydroxylation sites is 1. The minimum absolute atomic E-state index is 0.190. The zero-order chi connectivity index (χ0) is 22.6. The summed E-state index contributed by atoms with van der Waals surface area (Å²) in [5, 5.41) is 9.24. The number of aromatic nitrogens is 1. The fourth-order valence-electron chi connectivity index (χ4n) is 3.14. The maximum Gasteiger partial charge on any atom is 0.319 e. The number of urea groups is 1. The summed E-state index contributed by atoms with van der Waals surface area (Å²) in [6.45, 7) is 0.298. The number of carbonyl (C=O) groups is 2. The highest BCUT2D eigenvalue weighted by atomic mass is 32.1. The Morgan fingerprint density at radius 1 is 0.848 bits per heavy atom. The van der Waals surface area contributed by atoms with Crippen LogP contribution in [0.5, 0.6) is 0 Å². The van der Waals surface area contributed by atoms with Gasteiger partial charge in [-0.15, -0.1) is 22.7 Å². The molecule has 2 aromatic carbocycles. The molecule has 0 fully saturated rings. The predicted octanol–water partition coefficient (Wildman–Crippen LogP) is 6.19. The number of rotatable bonds is 6. The number of nitrogens with zero attached hydrogens (tertiary/aromatic N) is 1. The molecule has 5 aromatic rings. The summed E-state index contributed by atoms with van der Waals surface area (Å²) in [5.74, 6) is 0.479. The molecule has 3 heterocycles. The molecule has 0 aliphatic carbocycles. The minimum Gasteiger partial charge on any atom is -0.467 e. The van der Waals surface area contributed by atoms with Gasteiger partial charge < -0.3 is 20.4 Å². The van der Waals surface area contributed by atoms with Gasteiger partial charge in [0.1, 0.15) is 10.8 Å². The molecule has 0 radical (unpaired) electrons. The number of amides is 3. The second-order valence-electron chi connectivity index (χ2n) is 7.07. The van der Waals surface area contributed by atoms with Crippen molar-refractivity contribution in [2.45, 2.75) is 6.54 Å². The van der Waals surface area contributed by atoms with E-state index in [9.17, 15) is 9.59 Å². The summed E-state index contributed by atoms with van der Waals surface area (Å²) < 4.78 is 6.30. The molecule has 0 bridgehead atoms. The molecule has 0 atom stereocenters. The normalized spacial score (nSPS) is 10.8. The number of anilines is 2. The van der Waals surface area contributed by atoms with Gasteiger partial charge in [0.05, 0.1) is 32.8 Å². The van der Waals surface area contributed by atoms with Crippen LogP contribution in [0.4, 0.5) is 16.2 Å². The van der Waals surface area contributed by atoms with Crippen LogP contribution < -0.4 is 16.0 Å². The van der Waals surface area contributed by atoms with E-state index in [4.69, 9.17) is 4.42 Å². The fourth-order valence-corrected chi connectivity index (χ4v) is 5.06. The van der Waals surface area contributed by atoms with E-state index < -0.39 is 0 Å². The average molecular weight is 475 g/mol. The van der Waals surface area contributed by atoms with Crippen molar-refractivity contribution >= 4 is 56.2 Å². The number of hydrogen-bond donors (Lipinski definition) is 3. The van der Waals surface area contributed by atoms with E-state index in [2.05, 4.69) is 20.9 Å². The van der Waals surface area contributed by atoms with Crippen LogP contribution in [0.1, 0.15) is 15.4 Å². The third-order valence-corrected chi connectivity index (χ3v) is 7.03. The second kappa shape index (κ2) is 9.27. The van der Waals surface area contributed by atoms with Crippen LogP contribution in [-0.2, 0) is 6.54 Å². The maximum atomic E-state index is 12.7. The Kier molecular flexibility index (Phi) is 5.88. The lowest BCUT2D eigenvalue weighted by Crippen LogP contribution is -2.27. The summed E-state index contributed by atoms with van der Waals surface area (Å²) in [5.41, 5.74) is 2.20. The molecule has 3 N–H and O–H groups in total. The van der Waals surface area contributed by atoms with E-state index in [0.29, 0.717) is 28.6 Å². The molecule has 0 unspecified atom stereocenters. The van der Waals surface area contributed by atoms with Gasteiger partial charge in [0, 0.05) is 11.4 Å². The lowest BCUT2D eigenvalue weighted by molar-refractivity contribution is 0.103. The lowest BCUT2D eigenvalue weighted by Gasteiger charge is -2.08. The monoisotopic (exact) mass is 474 g/mol. The van der Waals surface area contributed by atoms with E-state index in [1.807, 2.05) is 30.3 Å². The Morgan fingerprint density at radius 2 is 1.64 bits per heavy atom. The molecule has 0 spiro atoms. The maximum absolute atomic E-state index is 12.7. The summed E-state index contributed by atoms with van der Waals surface area (Å²) in [6.07, 6.45) is 1.56. The van der Waals surface area contributed by atoms with Gasteiger partial charge in [-0.3, -0.25) is 4.79 Å². The lowest BCUT2D eigenvalue weighted by atomic mass is 10.2. The predicted molar refractivity (Wildman–Crippen MR) is 132 cm³/mol. The molecule has 3 amide bonds. The number of benzene rings is 2. The van der Waals surface area contributed by atoms with Gasteiger partial charge in [0.2, 0.25) is 0 Å².